The Bertz CT molecular complexity index is 248. The molecular formula is C16H35N3O2. The van der Waals surface area contributed by atoms with Crippen LogP contribution in [0.3, 0.4) is 0 Å². The molecule has 0 fully saturated rings. The predicted octanol–water partition coefficient (Wildman–Crippen LogP) is 2.56. The number of rotatable bonds is 13. The van der Waals surface area contributed by atoms with Gasteiger partial charge in [0.1, 0.15) is 0 Å². The van der Waals surface area contributed by atoms with Crippen molar-refractivity contribution in [3.8, 4) is 0 Å². The molecular weight excluding hydrogens is 266 g/mol. The quantitative estimate of drug-likeness (QED) is 0.312. The summed E-state index contributed by atoms with van der Waals surface area (Å²) in [5.74, 6) is 0.884. The molecule has 0 saturated carbocycles. The number of methoxy groups -OCH3 is 1. The monoisotopic (exact) mass is 301 g/mol. The van der Waals surface area contributed by atoms with Crippen molar-refractivity contribution in [2.75, 3.05) is 40.5 Å². The van der Waals surface area contributed by atoms with Crippen LogP contribution in [0.2, 0.25) is 0 Å². The molecule has 1 atom stereocenters. The Labute approximate surface area is 130 Å². The largest absolute Gasteiger partial charge is 0.382 e. The number of hydrogen-bond acceptors (Lipinski definition) is 3. The minimum absolute atomic E-state index is 0.464. The number of aliphatic imine (C=N–C) groups is 1. The second-order valence-corrected chi connectivity index (χ2v) is 5.35. The first-order chi connectivity index (χ1) is 10.2. The van der Waals surface area contributed by atoms with Crippen molar-refractivity contribution in [2.24, 2.45) is 4.99 Å². The van der Waals surface area contributed by atoms with Gasteiger partial charge in [-0.3, -0.25) is 4.99 Å². The summed E-state index contributed by atoms with van der Waals surface area (Å²) in [5.41, 5.74) is 0. The van der Waals surface area contributed by atoms with Gasteiger partial charge in [0, 0.05) is 33.4 Å². The maximum Gasteiger partial charge on any atom is 0.191 e. The van der Waals surface area contributed by atoms with Gasteiger partial charge < -0.3 is 20.1 Å². The first-order valence-corrected chi connectivity index (χ1v) is 8.28. The molecule has 2 N–H and O–H groups in total. The lowest BCUT2D eigenvalue weighted by atomic mass is 10.1. The molecule has 0 aromatic carbocycles. The van der Waals surface area contributed by atoms with Gasteiger partial charge in [-0.05, 0) is 19.8 Å². The van der Waals surface area contributed by atoms with Crippen molar-refractivity contribution in [1.82, 2.24) is 10.6 Å². The third-order valence-electron chi connectivity index (χ3n) is 3.29. The lowest BCUT2D eigenvalue weighted by Crippen LogP contribution is -2.42. The second-order valence-electron chi connectivity index (χ2n) is 5.35. The number of nitrogens with zero attached hydrogens (tertiary/aromatic N) is 1. The fourth-order valence-corrected chi connectivity index (χ4v) is 2.00. The molecule has 1 unspecified atom stereocenters. The van der Waals surface area contributed by atoms with E-state index in [1.165, 1.54) is 32.1 Å². The van der Waals surface area contributed by atoms with E-state index in [0.717, 1.165) is 25.5 Å². The molecule has 0 bridgehead atoms. The third-order valence-corrected chi connectivity index (χ3v) is 3.29. The van der Waals surface area contributed by atoms with E-state index in [0.29, 0.717) is 19.3 Å². The van der Waals surface area contributed by atoms with Gasteiger partial charge in [-0.1, -0.05) is 32.6 Å². The highest BCUT2D eigenvalue weighted by atomic mass is 16.5. The van der Waals surface area contributed by atoms with E-state index in [4.69, 9.17) is 9.47 Å². The zero-order valence-corrected chi connectivity index (χ0v) is 14.4. The smallest absolute Gasteiger partial charge is 0.191 e. The average Bonchev–Trinajstić information content (AvgIpc) is 2.49. The molecule has 0 aliphatic heterocycles. The molecule has 0 aromatic rings. The summed E-state index contributed by atoms with van der Waals surface area (Å²) in [6, 6.07) is 0.464. The summed E-state index contributed by atoms with van der Waals surface area (Å²) in [4.78, 5) is 4.25. The van der Waals surface area contributed by atoms with Crippen LogP contribution in [-0.4, -0.2) is 52.5 Å². The molecule has 0 aromatic heterocycles. The normalized spacial score (nSPS) is 13.2. The Morgan fingerprint density at radius 1 is 1.10 bits per heavy atom. The first-order valence-electron chi connectivity index (χ1n) is 8.28. The van der Waals surface area contributed by atoms with Gasteiger partial charge in [0.05, 0.1) is 13.2 Å². The molecule has 21 heavy (non-hydrogen) atoms. The highest BCUT2D eigenvalue weighted by Crippen LogP contribution is 2.04. The Hall–Kier alpha value is -0.810. The van der Waals surface area contributed by atoms with E-state index in [-0.39, 0.29) is 0 Å². The summed E-state index contributed by atoms with van der Waals surface area (Å²) in [6.45, 7) is 7.40. The van der Waals surface area contributed by atoms with Crippen LogP contribution in [0.4, 0.5) is 0 Å². The van der Waals surface area contributed by atoms with Crippen molar-refractivity contribution in [3.05, 3.63) is 0 Å². The molecule has 0 saturated heterocycles. The summed E-state index contributed by atoms with van der Waals surface area (Å²) < 4.78 is 10.3. The summed E-state index contributed by atoms with van der Waals surface area (Å²) in [5, 5.41) is 6.75. The van der Waals surface area contributed by atoms with Crippen molar-refractivity contribution >= 4 is 5.96 Å². The van der Waals surface area contributed by atoms with Crippen LogP contribution in [0.5, 0.6) is 0 Å². The summed E-state index contributed by atoms with van der Waals surface area (Å²) in [7, 11) is 3.50. The topological polar surface area (TPSA) is 54.9 Å². The fraction of sp³-hybridized carbons (Fsp3) is 0.938. The molecule has 0 rings (SSSR count). The Balaban J connectivity index is 3.57. The van der Waals surface area contributed by atoms with Crippen molar-refractivity contribution in [3.63, 3.8) is 0 Å². The summed E-state index contributed by atoms with van der Waals surface area (Å²) in [6.07, 6.45) is 7.40. The molecule has 126 valence electrons. The lowest BCUT2D eigenvalue weighted by molar-refractivity contribution is 0.0698. The van der Waals surface area contributed by atoms with Crippen molar-refractivity contribution in [1.29, 1.82) is 0 Å². The van der Waals surface area contributed by atoms with Crippen molar-refractivity contribution in [2.45, 2.75) is 58.4 Å². The molecule has 5 heteroatoms. The van der Waals surface area contributed by atoms with Crippen LogP contribution in [0.1, 0.15) is 52.4 Å². The Kier molecular flexibility index (Phi) is 15.0. The number of nitrogens with one attached hydrogen (secondary N) is 2. The van der Waals surface area contributed by atoms with Gasteiger partial charge in [-0.2, -0.15) is 0 Å². The van der Waals surface area contributed by atoms with Crippen LogP contribution >= 0.6 is 0 Å². The van der Waals surface area contributed by atoms with Gasteiger partial charge in [0.15, 0.2) is 5.96 Å². The molecule has 0 aliphatic rings. The van der Waals surface area contributed by atoms with Gasteiger partial charge in [-0.25, -0.2) is 0 Å². The van der Waals surface area contributed by atoms with Crippen LogP contribution in [0.25, 0.3) is 0 Å². The van der Waals surface area contributed by atoms with Gasteiger partial charge >= 0.3 is 0 Å². The Morgan fingerprint density at radius 3 is 2.57 bits per heavy atom. The predicted molar refractivity (Wildman–Crippen MR) is 90.0 cm³/mol. The highest BCUT2D eigenvalue weighted by molar-refractivity contribution is 5.79. The summed E-state index contributed by atoms with van der Waals surface area (Å²) >= 11 is 0. The van der Waals surface area contributed by atoms with E-state index in [1.807, 2.05) is 7.05 Å². The van der Waals surface area contributed by atoms with E-state index >= 15 is 0 Å². The highest BCUT2D eigenvalue weighted by Gasteiger charge is 2.04. The van der Waals surface area contributed by atoms with Crippen LogP contribution < -0.4 is 10.6 Å². The number of hydrogen-bond donors (Lipinski definition) is 2. The van der Waals surface area contributed by atoms with E-state index in [1.54, 1.807) is 7.11 Å². The zero-order valence-electron chi connectivity index (χ0n) is 14.4. The first kappa shape index (κ1) is 20.2. The number of ether oxygens (including phenoxy) is 2. The third kappa shape index (κ3) is 13.9. The minimum atomic E-state index is 0.464. The Morgan fingerprint density at radius 2 is 1.90 bits per heavy atom. The van der Waals surface area contributed by atoms with Crippen molar-refractivity contribution < 1.29 is 9.47 Å². The standard InChI is InChI=1S/C16H35N3O2/c1-5-6-7-8-10-15(2)19-16(17-3)18-11-9-12-21-14-13-20-4/h15H,5-14H2,1-4H3,(H2,17,18,19). The van der Waals surface area contributed by atoms with E-state index in [2.05, 4.69) is 29.5 Å². The maximum absolute atomic E-state index is 5.42. The van der Waals surface area contributed by atoms with E-state index in [9.17, 15) is 0 Å². The molecule has 0 radical (unpaired) electrons. The lowest BCUT2D eigenvalue weighted by Gasteiger charge is -2.17. The van der Waals surface area contributed by atoms with Gasteiger partial charge in [0.2, 0.25) is 0 Å². The van der Waals surface area contributed by atoms with Gasteiger partial charge in [0.25, 0.3) is 0 Å². The second kappa shape index (κ2) is 15.6. The van der Waals surface area contributed by atoms with Crippen LogP contribution in [0, 0.1) is 0 Å². The molecule has 0 spiro atoms. The molecule has 0 aliphatic carbocycles. The zero-order chi connectivity index (χ0) is 15.8. The number of unbranched alkanes of at least 4 members (excludes halogenated alkanes) is 3. The maximum atomic E-state index is 5.42. The minimum Gasteiger partial charge on any atom is -0.382 e. The van der Waals surface area contributed by atoms with E-state index < -0.39 is 0 Å². The SMILES string of the molecule is CCCCCCC(C)NC(=NC)NCCCOCCOC. The van der Waals surface area contributed by atoms with Crippen LogP contribution in [-0.2, 0) is 9.47 Å². The average molecular weight is 301 g/mol. The number of guanidine groups is 1. The van der Waals surface area contributed by atoms with Gasteiger partial charge in [-0.15, -0.1) is 0 Å². The molecule has 5 nitrogen and oxygen atoms in total. The fourth-order valence-electron chi connectivity index (χ4n) is 2.00. The molecule has 0 heterocycles. The van der Waals surface area contributed by atoms with Crippen LogP contribution in [0.15, 0.2) is 4.99 Å². The molecule has 0 amide bonds.